The topological polar surface area (TPSA) is 55.2 Å². The molecule has 1 aromatic heterocycles. The number of likely N-dealkylation sites (N-methyl/N-ethyl adjacent to an activating group) is 1. The minimum atomic E-state index is -0.210. The van der Waals surface area contributed by atoms with E-state index >= 15 is 0 Å². The number of rotatable bonds is 5. The third-order valence-electron chi connectivity index (χ3n) is 4.03. The number of amides is 1. The fourth-order valence-corrected chi connectivity index (χ4v) is 2.91. The number of carbonyl (C=O) groups is 1. The number of nitrogens with zero attached hydrogens (tertiary/aromatic N) is 3. The normalized spacial score (nSPS) is 10.8. The number of carbonyl (C=O) groups excluding carboxylic acids is 1. The Morgan fingerprint density at radius 3 is 2.76 bits per heavy atom. The molecular formula is C19H18ClN3O2. The average molecular weight is 356 g/mol. The van der Waals surface area contributed by atoms with Gasteiger partial charge in [0.15, 0.2) is 0 Å². The van der Waals surface area contributed by atoms with Crippen LogP contribution in [0.15, 0.2) is 59.7 Å². The molecule has 128 valence electrons. The van der Waals surface area contributed by atoms with Gasteiger partial charge < -0.3 is 4.90 Å². The van der Waals surface area contributed by atoms with Crippen LogP contribution in [0, 0.1) is 0 Å². The minimum absolute atomic E-state index is 0.0366. The van der Waals surface area contributed by atoms with Crippen LogP contribution in [-0.4, -0.2) is 26.9 Å². The van der Waals surface area contributed by atoms with E-state index in [0.717, 1.165) is 5.56 Å². The number of hydrogen-bond acceptors (Lipinski definition) is 3. The van der Waals surface area contributed by atoms with Crippen molar-refractivity contribution in [2.24, 2.45) is 0 Å². The number of para-hydroxylation sites is 1. The van der Waals surface area contributed by atoms with E-state index in [1.165, 1.54) is 10.9 Å². The van der Waals surface area contributed by atoms with E-state index in [0.29, 0.717) is 29.0 Å². The Hall–Kier alpha value is -2.66. The van der Waals surface area contributed by atoms with Crippen LogP contribution >= 0.6 is 11.6 Å². The highest BCUT2D eigenvalue weighted by atomic mass is 35.5. The first-order valence-corrected chi connectivity index (χ1v) is 8.42. The molecule has 0 spiro atoms. The maximum absolute atomic E-state index is 12.6. The molecule has 0 saturated carbocycles. The molecule has 0 unspecified atom stereocenters. The monoisotopic (exact) mass is 355 g/mol. The van der Waals surface area contributed by atoms with Gasteiger partial charge in [0, 0.05) is 18.1 Å². The fraction of sp³-hybridized carbons (Fsp3) is 0.211. The van der Waals surface area contributed by atoms with Crippen LogP contribution in [0.2, 0.25) is 5.02 Å². The number of benzene rings is 2. The van der Waals surface area contributed by atoms with Crippen molar-refractivity contribution in [3.8, 4) is 0 Å². The summed E-state index contributed by atoms with van der Waals surface area (Å²) in [7, 11) is 0. The maximum atomic E-state index is 12.6. The zero-order valence-corrected chi connectivity index (χ0v) is 14.6. The summed E-state index contributed by atoms with van der Waals surface area (Å²) in [6, 6.07) is 14.5. The Balaban J connectivity index is 1.80. The molecule has 2 aromatic carbocycles. The van der Waals surface area contributed by atoms with Gasteiger partial charge in [0.1, 0.15) is 6.54 Å². The summed E-state index contributed by atoms with van der Waals surface area (Å²) in [5.41, 5.74) is 1.37. The summed E-state index contributed by atoms with van der Waals surface area (Å²) in [5, 5.41) is 1.15. The second-order valence-electron chi connectivity index (χ2n) is 5.73. The first-order valence-electron chi connectivity index (χ1n) is 8.05. The molecular weight excluding hydrogens is 338 g/mol. The van der Waals surface area contributed by atoms with Gasteiger partial charge >= 0.3 is 0 Å². The predicted octanol–water partition coefficient (Wildman–Crippen LogP) is 3.10. The lowest BCUT2D eigenvalue weighted by atomic mass is 10.2. The van der Waals surface area contributed by atoms with E-state index in [-0.39, 0.29) is 18.0 Å². The van der Waals surface area contributed by atoms with E-state index in [1.54, 1.807) is 29.2 Å². The molecule has 0 fully saturated rings. The quantitative estimate of drug-likeness (QED) is 0.706. The molecule has 1 amide bonds. The molecule has 5 nitrogen and oxygen atoms in total. The Morgan fingerprint density at radius 1 is 1.20 bits per heavy atom. The SMILES string of the molecule is CCN(Cc1cccc(Cl)c1)C(=O)Cn1cnc2ccccc2c1=O. The first-order chi connectivity index (χ1) is 12.1. The smallest absolute Gasteiger partial charge is 0.261 e. The molecule has 3 aromatic rings. The summed E-state index contributed by atoms with van der Waals surface area (Å²) >= 11 is 6.00. The van der Waals surface area contributed by atoms with Gasteiger partial charge in [-0.1, -0.05) is 35.9 Å². The molecule has 3 rings (SSSR count). The molecule has 0 aliphatic rings. The minimum Gasteiger partial charge on any atom is -0.337 e. The maximum Gasteiger partial charge on any atom is 0.261 e. The number of aromatic nitrogens is 2. The van der Waals surface area contributed by atoms with Gasteiger partial charge in [0.25, 0.3) is 5.56 Å². The molecule has 25 heavy (non-hydrogen) atoms. The van der Waals surface area contributed by atoms with Gasteiger partial charge in [-0.25, -0.2) is 4.98 Å². The second kappa shape index (κ2) is 7.49. The Bertz CT molecular complexity index is 968. The van der Waals surface area contributed by atoms with E-state index in [4.69, 9.17) is 11.6 Å². The zero-order chi connectivity index (χ0) is 17.8. The van der Waals surface area contributed by atoms with Crippen molar-refractivity contribution in [2.75, 3.05) is 6.54 Å². The summed E-state index contributed by atoms with van der Waals surface area (Å²) in [6.07, 6.45) is 1.43. The van der Waals surface area contributed by atoms with Crippen LogP contribution in [0.1, 0.15) is 12.5 Å². The van der Waals surface area contributed by atoms with Gasteiger partial charge in [0.05, 0.1) is 17.2 Å². The van der Waals surface area contributed by atoms with Gasteiger partial charge in [-0.3, -0.25) is 14.2 Å². The fourth-order valence-electron chi connectivity index (χ4n) is 2.70. The number of fused-ring (bicyclic) bond motifs is 1. The highest BCUT2D eigenvalue weighted by Gasteiger charge is 2.14. The van der Waals surface area contributed by atoms with Crippen LogP contribution < -0.4 is 5.56 Å². The van der Waals surface area contributed by atoms with Gasteiger partial charge in [0.2, 0.25) is 5.91 Å². The third kappa shape index (κ3) is 3.88. The van der Waals surface area contributed by atoms with Gasteiger partial charge in [-0.15, -0.1) is 0 Å². The number of hydrogen-bond donors (Lipinski definition) is 0. The standard InChI is InChI=1S/C19H18ClN3O2/c1-2-22(11-14-6-5-7-15(20)10-14)18(24)12-23-13-21-17-9-4-3-8-16(17)19(23)25/h3-10,13H,2,11-12H2,1H3. The zero-order valence-electron chi connectivity index (χ0n) is 13.9. The molecule has 1 heterocycles. The van der Waals surface area contributed by atoms with Crippen LogP contribution in [0.25, 0.3) is 10.9 Å². The van der Waals surface area contributed by atoms with Crippen LogP contribution in [-0.2, 0) is 17.9 Å². The largest absolute Gasteiger partial charge is 0.337 e. The first kappa shape index (κ1) is 17.2. The Labute approximate surface area is 150 Å². The molecule has 0 radical (unpaired) electrons. The van der Waals surface area contributed by atoms with Crippen molar-refractivity contribution in [2.45, 2.75) is 20.0 Å². The average Bonchev–Trinajstić information content (AvgIpc) is 2.62. The molecule has 0 N–H and O–H groups in total. The third-order valence-corrected chi connectivity index (χ3v) is 4.27. The van der Waals surface area contributed by atoms with Crippen LogP contribution in [0.5, 0.6) is 0 Å². The molecule has 0 bridgehead atoms. The van der Waals surface area contributed by atoms with Crippen LogP contribution in [0.3, 0.4) is 0 Å². The van der Waals surface area contributed by atoms with Crippen molar-refractivity contribution in [3.63, 3.8) is 0 Å². The molecule has 0 aliphatic heterocycles. The highest BCUT2D eigenvalue weighted by Crippen LogP contribution is 2.13. The summed E-state index contributed by atoms with van der Waals surface area (Å²) < 4.78 is 1.35. The van der Waals surface area contributed by atoms with Crippen LogP contribution in [0.4, 0.5) is 0 Å². The van der Waals surface area contributed by atoms with E-state index in [1.807, 2.05) is 31.2 Å². The predicted molar refractivity (Wildman–Crippen MR) is 98.5 cm³/mol. The van der Waals surface area contributed by atoms with Crippen molar-refractivity contribution >= 4 is 28.4 Å². The van der Waals surface area contributed by atoms with Crippen molar-refractivity contribution < 1.29 is 4.79 Å². The summed E-state index contributed by atoms with van der Waals surface area (Å²) in [5.74, 6) is -0.137. The van der Waals surface area contributed by atoms with E-state index < -0.39 is 0 Å². The van der Waals surface area contributed by atoms with Gasteiger partial charge in [-0.2, -0.15) is 0 Å². The second-order valence-corrected chi connectivity index (χ2v) is 6.17. The van der Waals surface area contributed by atoms with Crippen molar-refractivity contribution in [1.29, 1.82) is 0 Å². The lowest BCUT2D eigenvalue weighted by Gasteiger charge is -2.21. The Morgan fingerprint density at radius 2 is 2.00 bits per heavy atom. The van der Waals surface area contributed by atoms with E-state index in [9.17, 15) is 9.59 Å². The number of halogens is 1. The Kier molecular flexibility index (Phi) is 5.14. The van der Waals surface area contributed by atoms with Crippen molar-refractivity contribution in [3.05, 3.63) is 75.8 Å². The van der Waals surface area contributed by atoms with E-state index in [2.05, 4.69) is 4.98 Å². The molecule has 0 saturated heterocycles. The molecule has 0 aliphatic carbocycles. The van der Waals surface area contributed by atoms with Crippen molar-refractivity contribution in [1.82, 2.24) is 14.5 Å². The van der Waals surface area contributed by atoms with Gasteiger partial charge in [-0.05, 0) is 36.8 Å². The lowest BCUT2D eigenvalue weighted by Crippen LogP contribution is -2.36. The summed E-state index contributed by atoms with van der Waals surface area (Å²) in [4.78, 5) is 31.1. The lowest BCUT2D eigenvalue weighted by molar-refractivity contribution is -0.132. The highest BCUT2D eigenvalue weighted by molar-refractivity contribution is 6.30. The summed E-state index contributed by atoms with van der Waals surface area (Å²) in [6.45, 7) is 2.86. The molecule has 6 heteroatoms. The molecule has 0 atom stereocenters.